The molecule has 0 radical (unpaired) electrons. The van der Waals surface area contributed by atoms with Crippen molar-refractivity contribution in [3.8, 4) is 0 Å². The van der Waals surface area contributed by atoms with E-state index in [1.807, 2.05) is 43.3 Å². The van der Waals surface area contributed by atoms with Crippen LogP contribution in [0, 0.1) is 20.8 Å². The first-order valence-electron chi connectivity index (χ1n) is 8.18. The molecule has 0 amide bonds. The number of aryl methyl sites for hydroxylation is 3. The molecule has 128 valence electrons. The molecular formula is C20H21ClN4. The lowest BCUT2D eigenvalue weighted by atomic mass is 10.1. The SMILES string of the molecule is Cc1cc(NCc2ccccc2Cl)nc(Nc2ccc(C)c(C)c2)n1. The van der Waals surface area contributed by atoms with Gasteiger partial charge < -0.3 is 10.6 Å². The molecule has 0 fully saturated rings. The van der Waals surface area contributed by atoms with Gasteiger partial charge in [0.1, 0.15) is 5.82 Å². The molecule has 0 aliphatic carbocycles. The van der Waals surface area contributed by atoms with Crippen LogP contribution in [0.3, 0.4) is 0 Å². The van der Waals surface area contributed by atoms with Gasteiger partial charge in [-0.1, -0.05) is 35.9 Å². The van der Waals surface area contributed by atoms with Crippen LogP contribution in [-0.2, 0) is 6.54 Å². The molecule has 0 saturated heterocycles. The first-order valence-corrected chi connectivity index (χ1v) is 8.56. The molecule has 0 atom stereocenters. The number of hydrogen-bond donors (Lipinski definition) is 2. The second-order valence-corrected chi connectivity index (χ2v) is 6.49. The summed E-state index contributed by atoms with van der Waals surface area (Å²) in [6.07, 6.45) is 0. The number of aromatic nitrogens is 2. The maximum atomic E-state index is 6.20. The van der Waals surface area contributed by atoms with E-state index >= 15 is 0 Å². The molecule has 0 aliphatic rings. The summed E-state index contributed by atoms with van der Waals surface area (Å²) in [6.45, 7) is 6.75. The van der Waals surface area contributed by atoms with Crippen molar-refractivity contribution in [1.29, 1.82) is 0 Å². The summed E-state index contributed by atoms with van der Waals surface area (Å²) in [5.41, 5.74) is 5.39. The molecule has 0 aliphatic heterocycles. The Morgan fingerprint density at radius 1 is 0.920 bits per heavy atom. The topological polar surface area (TPSA) is 49.8 Å². The van der Waals surface area contributed by atoms with Gasteiger partial charge in [0.05, 0.1) is 0 Å². The maximum absolute atomic E-state index is 6.20. The fraction of sp³-hybridized carbons (Fsp3) is 0.200. The Morgan fingerprint density at radius 2 is 1.72 bits per heavy atom. The summed E-state index contributed by atoms with van der Waals surface area (Å²) in [6, 6.07) is 15.9. The Balaban J connectivity index is 1.76. The van der Waals surface area contributed by atoms with Crippen LogP contribution < -0.4 is 10.6 Å². The summed E-state index contributed by atoms with van der Waals surface area (Å²) < 4.78 is 0. The maximum Gasteiger partial charge on any atom is 0.229 e. The predicted molar refractivity (Wildman–Crippen MR) is 105 cm³/mol. The fourth-order valence-electron chi connectivity index (χ4n) is 2.49. The van der Waals surface area contributed by atoms with Crippen molar-refractivity contribution < 1.29 is 0 Å². The lowest BCUT2D eigenvalue weighted by Gasteiger charge is -2.11. The fourth-order valence-corrected chi connectivity index (χ4v) is 2.69. The number of rotatable bonds is 5. The molecule has 5 heteroatoms. The molecule has 0 spiro atoms. The molecule has 4 nitrogen and oxygen atoms in total. The molecule has 1 aromatic heterocycles. The van der Waals surface area contributed by atoms with Gasteiger partial charge in [0.25, 0.3) is 0 Å². The predicted octanol–water partition coefficient (Wildman–Crippen LogP) is 5.41. The third-order valence-corrected chi connectivity index (χ3v) is 4.40. The van der Waals surface area contributed by atoms with Crippen LogP contribution in [0.5, 0.6) is 0 Å². The van der Waals surface area contributed by atoms with Gasteiger partial charge in [0, 0.05) is 29.0 Å². The monoisotopic (exact) mass is 352 g/mol. The summed E-state index contributed by atoms with van der Waals surface area (Å²) in [5, 5.41) is 7.33. The molecule has 0 saturated carbocycles. The Bertz CT molecular complexity index is 893. The average molecular weight is 353 g/mol. The van der Waals surface area contributed by atoms with Crippen LogP contribution in [0.15, 0.2) is 48.5 Å². The van der Waals surface area contributed by atoms with Gasteiger partial charge >= 0.3 is 0 Å². The van der Waals surface area contributed by atoms with E-state index in [4.69, 9.17) is 11.6 Å². The normalized spacial score (nSPS) is 10.6. The van der Waals surface area contributed by atoms with Crippen molar-refractivity contribution in [2.24, 2.45) is 0 Å². The van der Waals surface area contributed by atoms with E-state index in [0.29, 0.717) is 12.5 Å². The summed E-state index contributed by atoms with van der Waals surface area (Å²) in [7, 11) is 0. The second-order valence-electron chi connectivity index (χ2n) is 6.09. The average Bonchev–Trinajstić information content (AvgIpc) is 2.57. The molecule has 25 heavy (non-hydrogen) atoms. The molecular weight excluding hydrogens is 332 g/mol. The van der Waals surface area contributed by atoms with E-state index in [0.717, 1.165) is 27.8 Å². The van der Waals surface area contributed by atoms with Crippen LogP contribution in [0.2, 0.25) is 5.02 Å². The lowest BCUT2D eigenvalue weighted by Crippen LogP contribution is -2.06. The highest BCUT2D eigenvalue weighted by Gasteiger charge is 2.05. The van der Waals surface area contributed by atoms with Gasteiger partial charge in [-0.05, 0) is 55.7 Å². The molecule has 3 aromatic rings. The number of anilines is 3. The van der Waals surface area contributed by atoms with E-state index in [9.17, 15) is 0 Å². The molecule has 1 heterocycles. The minimum absolute atomic E-state index is 0.574. The Morgan fingerprint density at radius 3 is 2.48 bits per heavy atom. The van der Waals surface area contributed by atoms with Crippen molar-refractivity contribution in [3.63, 3.8) is 0 Å². The minimum Gasteiger partial charge on any atom is -0.366 e. The van der Waals surface area contributed by atoms with Gasteiger partial charge in [-0.2, -0.15) is 4.98 Å². The van der Waals surface area contributed by atoms with E-state index in [1.165, 1.54) is 11.1 Å². The Hall–Kier alpha value is -2.59. The number of hydrogen-bond acceptors (Lipinski definition) is 4. The number of nitrogens with one attached hydrogen (secondary N) is 2. The van der Waals surface area contributed by atoms with Crippen molar-refractivity contribution in [3.05, 3.63) is 75.9 Å². The molecule has 0 unspecified atom stereocenters. The van der Waals surface area contributed by atoms with Gasteiger partial charge in [-0.3, -0.25) is 0 Å². The first kappa shape index (κ1) is 17.2. The number of nitrogens with zero attached hydrogens (tertiary/aromatic N) is 2. The third kappa shape index (κ3) is 4.48. The van der Waals surface area contributed by atoms with Crippen molar-refractivity contribution >= 4 is 29.1 Å². The molecule has 2 aromatic carbocycles. The molecule has 3 rings (SSSR count). The summed E-state index contributed by atoms with van der Waals surface area (Å²) in [5.74, 6) is 1.34. The largest absolute Gasteiger partial charge is 0.366 e. The second kappa shape index (κ2) is 7.53. The zero-order valence-electron chi connectivity index (χ0n) is 14.6. The van der Waals surface area contributed by atoms with Gasteiger partial charge in [-0.25, -0.2) is 4.98 Å². The molecule has 2 N–H and O–H groups in total. The smallest absolute Gasteiger partial charge is 0.229 e. The number of benzene rings is 2. The highest BCUT2D eigenvalue weighted by atomic mass is 35.5. The van der Waals surface area contributed by atoms with Crippen LogP contribution in [0.1, 0.15) is 22.4 Å². The summed E-state index contributed by atoms with van der Waals surface area (Å²) >= 11 is 6.20. The van der Waals surface area contributed by atoms with E-state index < -0.39 is 0 Å². The van der Waals surface area contributed by atoms with Crippen molar-refractivity contribution in [2.75, 3.05) is 10.6 Å². The van der Waals surface area contributed by atoms with Crippen LogP contribution in [-0.4, -0.2) is 9.97 Å². The molecule has 0 bridgehead atoms. The van der Waals surface area contributed by atoms with E-state index in [-0.39, 0.29) is 0 Å². The quantitative estimate of drug-likeness (QED) is 0.644. The van der Waals surface area contributed by atoms with Gasteiger partial charge in [0.2, 0.25) is 5.95 Å². The van der Waals surface area contributed by atoms with Crippen molar-refractivity contribution in [1.82, 2.24) is 9.97 Å². The third-order valence-electron chi connectivity index (χ3n) is 4.04. The standard InChI is InChI=1S/C20H21ClN4/c1-13-8-9-17(10-14(13)2)24-20-23-15(3)11-19(25-20)22-12-16-6-4-5-7-18(16)21/h4-11H,12H2,1-3H3,(H2,22,23,24,25). The van der Waals surface area contributed by atoms with E-state index in [1.54, 1.807) is 0 Å². The Labute approximate surface area is 153 Å². The van der Waals surface area contributed by atoms with Crippen LogP contribution >= 0.6 is 11.6 Å². The van der Waals surface area contributed by atoms with E-state index in [2.05, 4.69) is 46.6 Å². The highest BCUT2D eigenvalue weighted by Crippen LogP contribution is 2.20. The van der Waals surface area contributed by atoms with Gasteiger partial charge in [0.15, 0.2) is 0 Å². The number of halogens is 1. The Kier molecular flexibility index (Phi) is 5.19. The zero-order chi connectivity index (χ0) is 17.8. The first-order chi connectivity index (χ1) is 12.0. The summed E-state index contributed by atoms with van der Waals surface area (Å²) in [4.78, 5) is 9.01. The lowest BCUT2D eigenvalue weighted by molar-refractivity contribution is 1.06. The van der Waals surface area contributed by atoms with Crippen LogP contribution in [0.4, 0.5) is 17.5 Å². The van der Waals surface area contributed by atoms with Crippen LogP contribution in [0.25, 0.3) is 0 Å². The van der Waals surface area contributed by atoms with Crippen molar-refractivity contribution in [2.45, 2.75) is 27.3 Å². The zero-order valence-corrected chi connectivity index (χ0v) is 15.4. The highest BCUT2D eigenvalue weighted by molar-refractivity contribution is 6.31. The van der Waals surface area contributed by atoms with Gasteiger partial charge in [-0.15, -0.1) is 0 Å². The minimum atomic E-state index is 0.574.